The van der Waals surface area contributed by atoms with Crippen molar-refractivity contribution >= 4 is 38.7 Å². The highest BCUT2D eigenvalue weighted by atomic mass is 79.9. The Hall–Kier alpha value is -3.44. The molecule has 0 bridgehead atoms. The summed E-state index contributed by atoms with van der Waals surface area (Å²) < 4.78 is 6.02. The lowest BCUT2D eigenvalue weighted by molar-refractivity contribution is 0.104. The van der Waals surface area contributed by atoms with Crippen molar-refractivity contribution in [2.75, 3.05) is 7.11 Å². The second-order valence-electron chi connectivity index (χ2n) is 6.73. The molecule has 1 heterocycles. The van der Waals surface area contributed by atoms with E-state index in [-0.39, 0.29) is 11.3 Å². The summed E-state index contributed by atoms with van der Waals surface area (Å²) >= 11 is 3.49. The van der Waals surface area contributed by atoms with Gasteiger partial charge in [-0.1, -0.05) is 64.5 Å². The van der Waals surface area contributed by atoms with Gasteiger partial charge < -0.3 is 9.72 Å². The van der Waals surface area contributed by atoms with E-state index in [4.69, 9.17) is 4.74 Å². The number of allylic oxidation sites excluding steroid dienone is 1. The van der Waals surface area contributed by atoms with Crippen LogP contribution in [0.2, 0.25) is 0 Å². The van der Waals surface area contributed by atoms with Gasteiger partial charge in [-0.05, 0) is 47.5 Å². The average Bonchev–Trinajstić information content (AvgIpc) is 2.78. The molecule has 4 nitrogen and oxygen atoms in total. The maximum atomic E-state index is 13.1. The van der Waals surface area contributed by atoms with Gasteiger partial charge in [0.2, 0.25) is 0 Å². The van der Waals surface area contributed by atoms with Crippen molar-refractivity contribution in [1.82, 2.24) is 4.98 Å². The molecule has 4 rings (SSSR count). The van der Waals surface area contributed by atoms with E-state index >= 15 is 0 Å². The highest BCUT2D eigenvalue weighted by Crippen LogP contribution is 2.31. The number of fused-ring (bicyclic) bond motifs is 1. The molecule has 5 heteroatoms. The number of pyridine rings is 1. The van der Waals surface area contributed by atoms with Gasteiger partial charge in [0, 0.05) is 20.9 Å². The summed E-state index contributed by atoms with van der Waals surface area (Å²) in [5.41, 5.74) is 2.67. The van der Waals surface area contributed by atoms with E-state index in [1.165, 1.54) is 6.08 Å². The minimum Gasteiger partial charge on any atom is -0.497 e. The standard InChI is InChI=1S/C25H18BrNO3/c1-30-19-11-7-16(8-12-19)9-14-22(28)24-23(17-5-3-2-4-6-17)20-15-18(26)10-13-21(20)27-25(24)29/h2-15H,1H3,(H,27,29). The number of hydrogen-bond donors (Lipinski definition) is 1. The van der Waals surface area contributed by atoms with Gasteiger partial charge in [0.05, 0.1) is 12.7 Å². The number of ether oxygens (including phenoxy) is 1. The second kappa shape index (κ2) is 8.51. The van der Waals surface area contributed by atoms with E-state index in [2.05, 4.69) is 20.9 Å². The number of carbonyl (C=O) groups is 1. The topological polar surface area (TPSA) is 59.2 Å². The van der Waals surface area contributed by atoms with Crippen molar-refractivity contribution in [3.05, 3.63) is 105 Å². The third-order valence-corrected chi connectivity index (χ3v) is 5.32. The molecule has 0 fully saturated rings. The SMILES string of the molecule is COc1ccc(C=CC(=O)c2c(-c3ccccc3)c3cc(Br)ccc3[nH]c2=O)cc1. The molecule has 0 spiro atoms. The lowest BCUT2D eigenvalue weighted by Gasteiger charge is -2.12. The van der Waals surface area contributed by atoms with Crippen LogP contribution < -0.4 is 10.3 Å². The fraction of sp³-hybridized carbons (Fsp3) is 0.0400. The number of H-pyrrole nitrogens is 1. The van der Waals surface area contributed by atoms with Gasteiger partial charge in [0.25, 0.3) is 5.56 Å². The first-order valence-electron chi connectivity index (χ1n) is 9.34. The maximum Gasteiger partial charge on any atom is 0.260 e. The molecule has 0 saturated heterocycles. The number of ketones is 1. The monoisotopic (exact) mass is 459 g/mol. The van der Waals surface area contributed by atoms with Crippen LogP contribution >= 0.6 is 15.9 Å². The molecule has 1 aromatic heterocycles. The molecule has 1 N–H and O–H groups in total. The first kappa shape index (κ1) is 19.9. The van der Waals surface area contributed by atoms with Crippen LogP contribution in [-0.2, 0) is 0 Å². The molecule has 148 valence electrons. The zero-order valence-corrected chi connectivity index (χ0v) is 17.8. The van der Waals surface area contributed by atoms with Crippen LogP contribution in [-0.4, -0.2) is 17.9 Å². The minimum absolute atomic E-state index is 0.122. The number of nitrogens with one attached hydrogen (secondary N) is 1. The molecule has 3 aromatic carbocycles. The van der Waals surface area contributed by atoms with E-state index in [1.807, 2.05) is 72.8 Å². The van der Waals surface area contributed by atoms with Crippen LogP contribution in [0.4, 0.5) is 0 Å². The van der Waals surface area contributed by atoms with E-state index in [0.717, 1.165) is 26.7 Å². The van der Waals surface area contributed by atoms with Gasteiger partial charge in [-0.3, -0.25) is 9.59 Å². The van der Waals surface area contributed by atoms with Gasteiger partial charge >= 0.3 is 0 Å². The van der Waals surface area contributed by atoms with Gasteiger partial charge in [-0.15, -0.1) is 0 Å². The van der Waals surface area contributed by atoms with Crippen molar-refractivity contribution in [2.45, 2.75) is 0 Å². The Balaban J connectivity index is 1.87. The average molecular weight is 460 g/mol. The predicted octanol–water partition coefficient (Wildman–Crippen LogP) is 5.86. The number of hydrogen-bond acceptors (Lipinski definition) is 3. The fourth-order valence-corrected chi connectivity index (χ4v) is 3.74. The Morgan fingerprint density at radius 3 is 2.43 bits per heavy atom. The van der Waals surface area contributed by atoms with Crippen molar-refractivity contribution in [3.63, 3.8) is 0 Å². The Morgan fingerprint density at radius 2 is 1.73 bits per heavy atom. The highest BCUT2D eigenvalue weighted by Gasteiger charge is 2.19. The minimum atomic E-state index is -0.409. The molecule has 0 radical (unpaired) electrons. The first-order chi connectivity index (χ1) is 14.6. The van der Waals surface area contributed by atoms with Crippen molar-refractivity contribution in [2.24, 2.45) is 0 Å². The zero-order valence-electron chi connectivity index (χ0n) is 16.2. The number of carbonyl (C=O) groups excluding carboxylic acids is 1. The molecular weight excluding hydrogens is 442 g/mol. The first-order valence-corrected chi connectivity index (χ1v) is 10.1. The smallest absolute Gasteiger partial charge is 0.260 e. The summed E-state index contributed by atoms with van der Waals surface area (Å²) in [6, 6.07) is 22.4. The van der Waals surface area contributed by atoms with Crippen molar-refractivity contribution in [1.29, 1.82) is 0 Å². The Kier molecular flexibility index (Phi) is 5.63. The Labute approximate surface area is 182 Å². The summed E-state index contributed by atoms with van der Waals surface area (Å²) in [5, 5.41) is 0.802. The number of halogens is 1. The molecule has 4 aromatic rings. The van der Waals surface area contributed by atoms with Crippen LogP contribution in [0, 0.1) is 0 Å². The van der Waals surface area contributed by atoms with Crippen LogP contribution in [0.25, 0.3) is 28.1 Å². The van der Waals surface area contributed by atoms with Crippen molar-refractivity contribution < 1.29 is 9.53 Å². The number of aromatic nitrogens is 1. The van der Waals surface area contributed by atoms with Gasteiger partial charge in [-0.25, -0.2) is 0 Å². The third-order valence-electron chi connectivity index (χ3n) is 4.83. The van der Waals surface area contributed by atoms with E-state index < -0.39 is 5.56 Å². The van der Waals surface area contributed by atoms with Gasteiger partial charge in [0.15, 0.2) is 5.78 Å². The molecule has 0 unspecified atom stereocenters. The van der Waals surface area contributed by atoms with Crippen LogP contribution in [0.15, 0.2) is 88.1 Å². The van der Waals surface area contributed by atoms with Crippen LogP contribution in [0.3, 0.4) is 0 Å². The number of benzene rings is 3. The lowest BCUT2D eigenvalue weighted by Crippen LogP contribution is -2.18. The fourth-order valence-electron chi connectivity index (χ4n) is 3.38. The summed E-state index contributed by atoms with van der Waals surface area (Å²) in [7, 11) is 1.60. The normalized spacial score (nSPS) is 11.1. The quantitative estimate of drug-likeness (QED) is 0.300. The molecule has 0 aliphatic carbocycles. The number of rotatable bonds is 5. The Morgan fingerprint density at radius 1 is 1.00 bits per heavy atom. The molecule has 0 saturated carbocycles. The predicted molar refractivity (Wildman–Crippen MR) is 124 cm³/mol. The molecule has 0 aliphatic rings. The summed E-state index contributed by atoms with van der Waals surface area (Å²) in [4.78, 5) is 28.9. The summed E-state index contributed by atoms with van der Waals surface area (Å²) in [6.45, 7) is 0. The number of aromatic amines is 1. The molecular formula is C25H18BrNO3. The third kappa shape index (κ3) is 3.98. The van der Waals surface area contributed by atoms with Gasteiger partial charge in [0.1, 0.15) is 5.75 Å². The lowest BCUT2D eigenvalue weighted by atomic mass is 9.94. The summed E-state index contributed by atoms with van der Waals surface area (Å²) in [6.07, 6.45) is 3.13. The van der Waals surface area contributed by atoms with E-state index in [0.29, 0.717) is 11.1 Å². The van der Waals surface area contributed by atoms with Crippen molar-refractivity contribution in [3.8, 4) is 16.9 Å². The highest BCUT2D eigenvalue weighted by molar-refractivity contribution is 9.10. The molecule has 0 amide bonds. The Bertz CT molecular complexity index is 1310. The van der Waals surface area contributed by atoms with E-state index in [1.54, 1.807) is 13.2 Å². The van der Waals surface area contributed by atoms with Gasteiger partial charge in [-0.2, -0.15) is 0 Å². The van der Waals surface area contributed by atoms with Crippen LogP contribution in [0.1, 0.15) is 15.9 Å². The molecule has 0 aliphatic heterocycles. The second-order valence-corrected chi connectivity index (χ2v) is 7.65. The largest absolute Gasteiger partial charge is 0.497 e. The maximum absolute atomic E-state index is 13.1. The molecule has 0 atom stereocenters. The number of methoxy groups -OCH3 is 1. The summed E-state index contributed by atoms with van der Waals surface area (Å²) in [5.74, 6) is 0.384. The molecule has 30 heavy (non-hydrogen) atoms. The zero-order chi connectivity index (χ0) is 21.1. The van der Waals surface area contributed by atoms with E-state index in [9.17, 15) is 9.59 Å². The van der Waals surface area contributed by atoms with Crippen LogP contribution in [0.5, 0.6) is 5.75 Å².